The summed E-state index contributed by atoms with van der Waals surface area (Å²) in [6.07, 6.45) is -2.57. The van der Waals surface area contributed by atoms with Gasteiger partial charge in [-0.15, -0.1) is 0 Å². The fraction of sp³-hybridized carbons (Fsp3) is 0.708. The summed E-state index contributed by atoms with van der Waals surface area (Å²) in [6.45, 7) is 5.00. The summed E-state index contributed by atoms with van der Waals surface area (Å²) in [7, 11) is 0. The normalized spacial score (nSPS) is 22.5. The number of halogens is 6. The van der Waals surface area contributed by atoms with Crippen molar-refractivity contribution in [2.45, 2.75) is 64.1 Å². The minimum Gasteiger partial charge on any atom is -0.493 e. The third-order valence-electron chi connectivity index (χ3n) is 6.48. The largest absolute Gasteiger partial charge is 0.493 e. The monoisotopic (exact) mass is 494 g/mol. The number of hydrogen-bond donors (Lipinski definition) is 1. The zero-order valence-electron chi connectivity index (χ0n) is 19.7. The molecule has 0 aromatic heterocycles. The van der Waals surface area contributed by atoms with Crippen LogP contribution in [0.2, 0.25) is 0 Å². The number of nitrogens with one attached hydrogen (secondary N) is 1. The molecule has 4 nitrogen and oxygen atoms in total. The minimum atomic E-state index is -5.52. The summed E-state index contributed by atoms with van der Waals surface area (Å²) in [4.78, 5) is 13.3. The van der Waals surface area contributed by atoms with Gasteiger partial charge < -0.3 is 10.1 Å². The SMILES string of the molecule is CC(C)(C)NC(=O)c1ccc(OCCC2CC2C2CCN(CC(F)(F)C(F)(F)F)CC2)cc1F. The molecule has 10 heteroatoms. The van der Waals surface area contributed by atoms with E-state index >= 15 is 0 Å². The van der Waals surface area contributed by atoms with E-state index in [4.69, 9.17) is 4.74 Å². The van der Waals surface area contributed by atoms with E-state index in [-0.39, 0.29) is 18.7 Å². The van der Waals surface area contributed by atoms with Crippen LogP contribution in [0.25, 0.3) is 0 Å². The zero-order valence-corrected chi connectivity index (χ0v) is 19.7. The van der Waals surface area contributed by atoms with Crippen molar-refractivity contribution in [1.82, 2.24) is 10.2 Å². The molecule has 1 heterocycles. The molecule has 2 fully saturated rings. The Balaban J connectivity index is 1.38. The van der Waals surface area contributed by atoms with Gasteiger partial charge in [0.25, 0.3) is 5.91 Å². The van der Waals surface area contributed by atoms with Crippen molar-refractivity contribution in [3.8, 4) is 5.75 Å². The fourth-order valence-electron chi connectivity index (χ4n) is 4.60. The van der Waals surface area contributed by atoms with Gasteiger partial charge >= 0.3 is 12.1 Å². The van der Waals surface area contributed by atoms with Gasteiger partial charge in [0.15, 0.2) is 0 Å². The van der Waals surface area contributed by atoms with E-state index in [1.807, 2.05) is 0 Å². The van der Waals surface area contributed by atoms with Gasteiger partial charge in [-0.3, -0.25) is 9.69 Å². The average molecular weight is 495 g/mol. The van der Waals surface area contributed by atoms with Gasteiger partial charge in [0, 0.05) is 11.6 Å². The molecule has 1 aliphatic carbocycles. The number of ether oxygens (including phenoxy) is 1. The molecule has 34 heavy (non-hydrogen) atoms. The molecule has 1 amide bonds. The molecule has 2 aliphatic rings. The summed E-state index contributed by atoms with van der Waals surface area (Å²) in [5, 5.41) is 2.71. The summed E-state index contributed by atoms with van der Waals surface area (Å²) >= 11 is 0. The predicted molar refractivity (Wildman–Crippen MR) is 115 cm³/mol. The second kappa shape index (κ2) is 9.95. The van der Waals surface area contributed by atoms with Gasteiger partial charge in [-0.25, -0.2) is 4.39 Å². The van der Waals surface area contributed by atoms with Gasteiger partial charge in [-0.05, 0) is 89.4 Å². The molecule has 1 saturated heterocycles. The molecule has 1 aliphatic heterocycles. The van der Waals surface area contributed by atoms with Gasteiger partial charge in [-0.1, -0.05) is 0 Å². The molecular weight excluding hydrogens is 462 g/mol. The number of likely N-dealkylation sites (tertiary alicyclic amines) is 1. The van der Waals surface area contributed by atoms with Crippen LogP contribution in [0.1, 0.15) is 56.8 Å². The highest BCUT2D eigenvalue weighted by Gasteiger charge is 2.58. The second-order valence-corrected chi connectivity index (χ2v) is 10.5. The van der Waals surface area contributed by atoms with E-state index in [0.717, 1.165) is 12.8 Å². The van der Waals surface area contributed by atoms with Crippen LogP contribution in [0.5, 0.6) is 5.75 Å². The maximum atomic E-state index is 14.3. The first-order valence-corrected chi connectivity index (χ1v) is 11.6. The number of amides is 1. The van der Waals surface area contributed by atoms with Crippen LogP contribution in [0.4, 0.5) is 26.3 Å². The van der Waals surface area contributed by atoms with Crippen molar-refractivity contribution < 1.29 is 35.9 Å². The molecule has 2 atom stereocenters. The van der Waals surface area contributed by atoms with E-state index in [9.17, 15) is 31.1 Å². The quantitative estimate of drug-likeness (QED) is 0.474. The summed E-state index contributed by atoms with van der Waals surface area (Å²) in [6, 6.07) is 4.13. The van der Waals surface area contributed by atoms with Crippen LogP contribution in [0.3, 0.4) is 0 Å². The van der Waals surface area contributed by atoms with Crippen molar-refractivity contribution >= 4 is 5.91 Å². The first-order valence-electron chi connectivity index (χ1n) is 11.6. The lowest BCUT2D eigenvalue weighted by atomic mass is 9.90. The lowest BCUT2D eigenvalue weighted by Crippen LogP contribution is -2.49. The number of hydrogen-bond acceptors (Lipinski definition) is 3. The highest BCUT2D eigenvalue weighted by Crippen LogP contribution is 2.50. The van der Waals surface area contributed by atoms with Gasteiger partial charge in [-0.2, -0.15) is 22.0 Å². The summed E-state index contributed by atoms with van der Waals surface area (Å²) in [5.74, 6) is -4.35. The van der Waals surface area contributed by atoms with Gasteiger partial charge in [0.2, 0.25) is 0 Å². The van der Waals surface area contributed by atoms with Crippen molar-refractivity contribution in [3.05, 3.63) is 29.6 Å². The Morgan fingerprint density at radius 1 is 1.12 bits per heavy atom. The third-order valence-corrected chi connectivity index (χ3v) is 6.48. The van der Waals surface area contributed by atoms with Crippen LogP contribution in [-0.2, 0) is 0 Å². The molecular formula is C24H32F6N2O2. The Bertz CT molecular complexity index is 860. The molecule has 1 saturated carbocycles. The number of alkyl halides is 5. The van der Waals surface area contributed by atoms with Crippen molar-refractivity contribution in [2.75, 3.05) is 26.2 Å². The molecule has 1 aromatic rings. The maximum Gasteiger partial charge on any atom is 0.454 e. The Morgan fingerprint density at radius 2 is 1.76 bits per heavy atom. The van der Waals surface area contributed by atoms with Gasteiger partial charge in [0.1, 0.15) is 11.6 Å². The first-order chi connectivity index (χ1) is 15.7. The fourth-order valence-corrected chi connectivity index (χ4v) is 4.60. The number of benzene rings is 1. The smallest absolute Gasteiger partial charge is 0.454 e. The van der Waals surface area contributed by atoms with E-state index in [0.29, 0.717) is 43.0 Å². The molecule has 192 valence electrons. The topological polar surface area (TPSA) is 41.6 Å². The number of rotatable bonds is 8. The molecule has 1 N–H and O–H groups in total. The summed E-state index contributed by atoms with van der Waals surface area (Å²) in [5.41, 5.74) is -0.534. The van der Waals surface area contributed by atoms with Crippen LogP contribution >= 0.6 is 0 Å². The molecule has 0 spiro atoms. The predicted octanol–water partition coefficient (Wildman–Crippen LogP) is 5.67. The third kappa shape index (κ3) is 7.02. The standard InChI is InChI=1S/C24H32F6N2O2/c1-22(2,3)31-21(33)18-5-4-17(13-20(18)25)34-11-8-16-12-19(16)15-6-9-32(10-7-15)14-23(26,27)24(28,29)30/h4-5,13,15-16,19H,6-12,14H2,1-3H3,(H,31,33). The Hall–Kier alpha value is -1.97. The highest BCUT2D eigenvalue weighted by atomic mass is 19.4. The first kappa shape index (κ1) is 26.6. The van der Waals surface area contributed by atoms with Crippen LogP contribution in [0.15, 0.2) is 18.2 Å². The Labute approximate surface area is 196 Å². The average Bonchev–Trinajstić information content (AvgIpc) is 3.45. The van der Waals surface area contributed by atoms with E-state index in [1.165, 1.54) is 17.0 Å². The maximum absolute atomic E-state index is 14.3. The molecule has 0 radical (unpaired) electrons. The van der Waals surface area contributed by atoms with Crippen LogP contribution < -0.4 is 10.1 Å². The zero-order chi connectivity index (χ0) is 25.3. The van der Waals surface area contributed by atoms with Crippen LogP contribution in [-0.4, -0.2) is 54.7 Å². The van der Waals surface area contributed by atoms with Gasteiger partial charge in [0.05, 0.1) is 18.7 Å². The minimum absolute atomic E-state index is 0.0520. The molecule has 2 unspecified atom stereocenters. The molecule has 1 aromatic carbocycles. The highest BCUT2D eigenvalue weighted by molar-refractivity contribution is 5.95. The van der Waals surface area contributed by atoms with E-state index < -0.39 is 35.9 Å². The van der Waals surface area contributed by atoms with Crippen LogP contribution in [0, 0.1) is 23.6 Å². The Morgan fingerprint density at radius 3 is 2.32 bits per heavy atom. The lowest BCUT2D eigenvalue weighted by molar-refractivity contribution is -0.287. The van der Waals surface area contributed by atoms with Crippen molar-refractivity contribution in [2.24, 2.45) is 17.8 Å². The van der Waals surface area contributed by atoms with Crippen molar-refractivity contribution in [3.63, 3.8) is 0 Å². The Kier molecular flexibility index (Phi) is 7.79. The second-order valence-electron chi connectivity index (χ2n) is 10.5. The van der Waals surface area contributed by atoms with E-state index in [2.05, 4.69) is 5.32 Å². The number of carbonyl (C=O) groups is 1. The van der Waals surface area contributed by atoms with E-state index in [1.54, 1.807) is 26.8 Å². The molecule has 3 rings (SSSR count). The number of piperidine rings is 1. The number of carbonyl (C=O) groups excluding carboxylic acids is 1. The number of nitrogens with zero attached hydrogens (tertiary/aromatic N) is 1. The lowest BCUT2D eigenvalue weighted by Gasteiger charge is -2.34. The molecule has 0 bridgehead atoms. The summed E-state index contributed by atoms with van der Waals surface area (Å²) < 4.78 is 83.7. The van der Waals surface area contributed by atoms with Crippen molar-refractivity contribution in [1.29, 1.82) is 0 Å².